The van der Waals surface area contributed by atoms with Gasteiger partial charge in [0, 0.05) is 36.7 Å². The molecule has 0 spiro atoms. The molecule has 32 heavy (non-hydrogen) atoms. The summed E-state index contributed by atoms with van der Waals surface area (Å²) >= 11 is 0. The summed E-state index contributed by atoms with van der Waals surface area (Å²) in [5, 5.41) is 7.96. The first-order valence-corrected chi connectivity index (χ1v) is 10.9. The highest BCUT2D eigenvalue weighted by Crippen LogP contribution is 2.21. The minimum Gasteiger partial charge on any atom is -0.322 e. The van der Waals surface area contributed by atoms with Crippen LogP contribution >= 0.6 is 0 Å². The molecule has 0 aliphatic rings. The zero-order valence-electron chi connectivity index (χ0n) is 17.3. The minimum atomic E-state index is -4.04. The third-order valence-electron chi connectivity index (χ3n) is 4.38. The fourth-order valence-electron chi connectivity index (χ4n) is 2.69. The van der Waals surface area contributed by atoms with Crippen molar-refractivity contribution in [2.45, 2.75) is 4.90 Å². The van der Waals surface area contributed by atoms with Gasteiger partial charge in [-0.25, -0.2) is 21.9 Å². The van der Waals surface area contributed by atoms with E-state index in [-0.39, 0.29) is 5.56 Å². The lowest BCUT2D eigenvalue weighted by Gasteiger charge is -2.13. The number of para-hydroxylation sites is 1. The Balaban J connectivity index is 1.67. The highest BCUT2D eigenvalue weighted by molar-refractivity contribution is 7.89. The molecule has 0 heterocycles. The molecule has 0 atom stereocenters. The number of nitrogens with one attached hydrogen (secondary N) is 3. The number of amides is 3. The summed E-state index contributed by atoms with van der Waals surface area (Å²) in [6, 6.07) is 18.0. The van der Waals surface area contributed by atoms with Crippen LogP contribution in [0, 0.1) is 5.82 Å². The minimum absolute atomic E-state index is 0.0173. The zero-order chi connectivity index (χ0) is 23.3. The van der Waals surface area contributed by atoms with E-state index in [4.69, 9.17) is 0 Å². The second-order valence-electron chi connectivity index (χ2n) is 6.91. The molecule has 0 fully saturated rings. The topological polar surface area (TPSA) is 108 Å². The molecule has 3 rings (SSSR count). The van der Waals surface area contributed by atoms with E-state index in [0.717, 1.165) is 16.4 Å². The van der Waals surface area contributed by atoms with Crippen molar-refractivity contribution in [2.24, 2.45) is 0 Å². The highest BCUT2D eigenvalue weighted by Gasteiger charge is 2.23. The number of carbonyl (C=O) groups excluding carboxylic acids is 2. The first kappa shape index (κ1) is 22.9. The normalized spacial score (nSPS) is 11.1. The van der Waals surface area contributed by atoms with Crippen molar-refractivity contribution in [3.8, 4) is 0 Å². The Morgan fingerprint density at radius 1 is 0.781 bits per heavy atom. The lowest BCUT2D eigenvalue weighted by Crippen LogP contribution is -2.24. The van der Waals surface area contributed by atoms with Gasteiger partial charge in [-0.1, -0.05) is 18.2 Å². The Kier molecular flexibility index (Phi) is 6.86. The lowest BCUT2D eigenvalue weighted by molar-refractivity contribution is 0.102. The van der Waals surface area contributed by atoms with E-state index in [1.807, 2.05) is 6.07 Å². The predicted molar refractivity (Wildman–Crippen MR) is 121 cm³/mol. The molecule has 8 nitrogen and oxygen atoms in total. The molecule has 3 aromatic rings. The summed E-state index contributed by atoms with van der Waals surface area (Å²) in [6.45, 7) is 0. The van der Waals surface area contributed by atoms with Crippen molar-refractivity contribution in [3.63, 3.8) is 0 Å². The number of rotatable bonds is 6. The second kappa shape index (κ2) is 9.58. The summed E-state index contributed by atoms with van der Waals surface area (Å²) in [4.78, 5) is 24.0. The molecule has 166 valence electrons. The molecule has 0 aromatic heterocycles. The molecule has 0 unspecified atom stereocenters. The maximum atomic E-state index is 14.0. The third kappa shape index (κ3) is 5.48. The van der Waals surface area contributed by atoms with Crippen molar-refractivity contribution >= 4 is 39.0 Å². The van der Waals surface area contributed by atoms with E-state index in [9.17, 15) is 22.4 Å². The predicted octanol–water partition coefficient (Wildman–Crippen LogP) is 3.97. The van der Waals surface area contributed by atoms with Gasteiger partial charge < -0.3 is 16.0 Å². The number of hydrogen-bond acceptors (Lipinski definition) is 4. The SMILES string of the molecule is CN(C)S(=O)(=O)c1cc(C(=O)Nc2ccc(NC(=O)Nc3ccccc3)cc2)ccc1F. The smallest absolute Gasteiger partial charge is 0.322 e. The van der Waals surface area contributed by atoms with Crippen molar-refractivity contribution in [1.82, 2.24) is 4.31 Å². The average Bonchev–Trinajstić information content (AvgIpc) is 2.75. The molecule has 0 radical (unpaired) electrons. The quantitative estimate of drug-likeness (QED) is 0.522. The largest absolute Gasteiger partial charge is 0.323 e. The van der Waals surface area contributed by atoms with E-state index < -0.39 is 32.7 Å². The number of halogens is 1. The Morgan fingerprint density at radius 3 is 1.88 bits per heavy atom. The molecule has 0 aliphatic carbocycles. The van der Waals surface area contributed by atoms with Gasteiger partial charge >= 0.3 is 6.03 Å². The Labute approximate surface area is 185 Å². The standard InChI is InChI=1S/C22H21FN4O4S/c1-27(2)32(30,31)20-14-15(8-13-19(20)23)21(28)24-17-9-11-18(12-10-17)26-22(29)25-16-6-4-3-5-7-16/h3-14H,1-2H3,(H,24,28)(H2,25,26,29). The van der Waals surface area contributed by atoms with E-state index in [2.05, 4.69) is 16.0 Å². The number of anilines is 3. The van der Waals surface area contributed by atoms with Gasteiger partial charge in [0.1, 0.15) is 10.7 Å². The van der Waals surface area contributed by atoms with E-state index >= 15 is 0 Å². The van der Waals surface area contributed by atoms with Gasteiger partial charge in [-0.05, 0) is 54.6 Å². The van der Waals surface area contributed by atoms with Crippen LogP contribution in [0.15, 0.2) is 77.7 Å². The van der Waals surface area contributed by atoms with Crippen molar-refractivity contribution in [3.05, 3.63) is 84.2 Å². The van der Waals surface area contributed by atoms with Crippen LogP contribution in [0.25, 0.3) is 0 Å². The molecule has 0 saturated carbocycles. The van der Waals surface area contributed by atoms with Crippen molar-refractivity contribution < 1.29 is 22.4 Å². The van der Waals surface area contributed by atoms with E-state index in [1.54, 1.807) is 48.5 Å². The Bertz CT molecular complexity index is 1230. The van der Waals surface area contributed by atoms with E-state index in [0.29, 0.717) is 17.1 Å². The maximum absolute atomic E-state index is 14.0. The molecule has 3 amide bonds. The van der Waals surface area contributed by atoms with Crippen LogP contribution < -0.4 is 16.0 Å². The van der Waals surface area contributed by atoms with Crippen LogP contribution in [-0.4, -0.2) is 38.8 Å². The number of urea groups is 1. The van der Waals surface area contributed by atoms with Crippen LogP contribution in [0.1, 0.15) is 10.4 Å². The summed E-state index contributed by atoms with van der Waals surface area (Å²) in [5.74, 6) is -1.55. The van der Waals surface area contributed by atoms with Gasteiger partial charge in [-0.3, -0.25) is 4.79 Å². The van der Waals surface area contributed by atoms with Crippen molar-refractivity contribution in [2.75, 3.05) is 30.0 Å². The number of carbonyl (C=O) groups is 2. The van der Waals surface area contributed by atoms with Gasteiger partial charge in [0.2, 0.25) is 10.0 Å². The number of nitrogens with zero attached hydrogens (tertiary/aromatic N) is 1. The Hall–Kier alpha value is -3.76. The molecule has 10 heteroatoms. The molecule has 0 bridgehead atoms. The maximum Gasteiger partial charge on any atom is 0.323 e. The van der Waals surface area contributed by atoms with Gasteiger partial charge in [0.15, 0.2) is 0 Å². The van der Waals surface area contributed by atoms with Crippen molar-refractivity contribution in [1.29, 1.82) is 0 Å². The number of sulfonamides is 1. The summed E-state index contributed by atoms with van der Waals surface area (Å²) in [5.41, 5.74) is 1.53. The Morgan fingerprint density at radius 2 is 1.31 bits per heavy atom. The van der Waals surface area contributed by atoms with Crippen LogP contribution in [0.4, 0.5) is 26.2 Å². The average molecular weight is 456 g/mol. The zero-order valence-corrected chi connectivity index (χ0v) is 18.1. The first-order valence-electron chi connectivity index (χ1n) is 9.43. The van der Waals surface area contributed by atoms with Crippen LogP contribution in [0.3, 0.4) is 0 Å². The number of benzene rings is 3. The second-order valence-corrected chi connectivity index (χ2v) is 9.03. The molecule has 0 aliphatic heterocycles. The molecular weight excluding hydrogens is 435 g/mol. The molecule has 3 N–H and O–H groups in total. The van der Waals surface area contributed by atoms with Gasteiger partial charge in [0.05, 0.1) is 0 Å². The highest BCUT2D eigenvalue weighted by atomic mass is 32.2. The number of hydrogen-bond donors (Lipinski definition) is 3. The van der Waals surface area contributed by atoms with Gasteiger partial charge in [0.25, 0.3) is 5.91 Å². The van der Waals surface area contributed by atoms with Crippen LogP contribution in [0.2, 0.25) is 0 Å². The summed E-state index contributed by atoms with van der Waals surface area (Å²) < 4.78 is 39.4. The summed E-state index contributed by atoms with van der Waals surface area (Å²) in [7, 11) is -1.49. The third-order valence-corrected chi connectivity index (χ3v) is 6.21. The summed E-state index contributed by atoms with van der Waals surface area (Å²) in [6.07, 6.45) is 0. The molecule has 3 aromatic carbocycles. The fourth-order valence-corrected chi connectivity index (χ4v) is 3.68. The van der Waals surface area contributed by atoms with Crippen LogP contribution in [-0.2, 0) is 10.0 Å². The molecular formula is C22H21FN4O4S. The van der Waals surface area contributed by atoms with Gasteiger partial charge in [-0.15, -0.1) is 0 Å². The van der Waals surface area contributed by atoms with Gasteiger partial charge in [-0.2, -0.15) is 0 Å². The first-order chi connectivity index (χ1) is 15.2. The lowest BCUT2D eigenvalue weighted by atomic mass is 10.2. The van der Waals surface area contributed by atoms with Crippen LogP contribution in [0.5, 0.6) is 0 Å². The monoisotopic (exact) mass is 456 g/mol. The molecule has 0 saturated heterocycles. The van der Waals surface area contributed by atoms with E-state index in [1.165, 1.54) is 20.2 Å². The fraction of sp³-hybridized carbons (Fsp3) is 0.0909.